The molecule has 3 rings (SSSR count). The van der Waals surface area contributed by atoms with Crippen LogP contribution in [0.15, 0.2) is 12.2 Å². The van der Waals surface area contributed by atoms with E-state index in [9.17, 15) is 9.59 Å². The first-order valence-corrected chi connectivity index (χ1v) is 8.90. The van der Waals surface area contributed by atoms with E-state index in [1.165, 1.54) is 7.11 Å². The molecule has 0 aromatic heterocycles. The van der Waals surface area contributed by atoms with Crippen molar-refractivity contribution in [2.45, 2.75) is 64.4 Å². The number of allylic oxidation sites excluding steroid dienone is 2. The highest BCUT2D eigenvalue weighted by Gasteiger charge is 2.57. The first-order chi connectivity index (χ1) is 10.9. The van der Waals surface area contributed by atoms with Crippen molar-refractivity contribution in [2.75, 3.05) is 7.11 Å². The summed E-state index contributed by atoms with van der Waals surface area (Å²) in [6.07, 6.45) is 10.2. The Morgan fingerprint density at radius 2 is 1.91 bits per heavy atom. The third-order valence-corrected chi connectivity index (χ3v) is 6.40. The topological polar surface area (TPSA) is 52.6 Å². The standard InChI is InChI=1S/C19H28O4/c1-13(2)19(8-4-5-9-19)23-17(21)18(12-16(20)22-3)11-14-6-7-15(18)10-14/h6-7,13-15H,4-5,8-12H2,1-3H3. The minimum atomic E-state index is -0.711. The van der Waals surface area contributed by atoms with Crippen LogP contribution in [0.5, 0.6) is 0 Å². The lowest BCUT2D eigenvalue weighted by Gasteiger charge is -2.39. The molecule has 2 saturated carbocycles. The summed E-state index contributed by atoms with van der Waals surface area (Å²) in [6.45, 7) is 4.26. The van der Waals surface area contributed by atoms with Crippen molar-refractivity contribution >= 4 is 11.9 Å². The Hall–Kier alpha value is -1.32. The molecule has 0 aliphatic heterocycles. The van der Waals surface area contributed by atoms with Gasteiger partial charge in [-0.3, -0.25) is 9.59 Å². The lowest BCUT2D eigenvalue weighted by molar-refractivity contribution is -0.182. The molecule has 0 amide bonds. The van der Waals surface area contributed by atoms with Gasteiger partial charge in [-0.2, -0.15) is 0 Å². The summed E-state index contributed by atoms with van der Waals surface area (Å²) in [7, 11) is 1.39. The highest BCUT2D eigenvalue weighted by molar-refractivity contribution is 5.85. The number of fused-ring (bicyclic) bond motifs is 2. The maximum Gasteiger partial charge on any atom is 0.313 e. The molecule has 3 aliphatic rings. The fraction of sp³-hybridized carbons (Fsp3) is 0.789. The van der Waals surface area contributed by atoms with E-state index in [0.29, 0.717) is 11.8 Å². The molecule has 4 heteroatoms. The maximum absolute atomic E-state index is 13.2. The molecule has 0 N–H and O–H groups in total. The Labute approximate surface area is 138 Å². The predicted octanol–water partition coefficient (Wildman–Crippen LogP) is 3.64. The third-order valence-electron chi connectivity index (χ3n) is 6.40. The van der Waals surface area contributed by atoms with Gasteiger partial charge in [-0.05, 0) is 56.3 Å². The summed E-state index contributed by atoms with van der Waals surface area (Å²) in [5.74, 6) is 0.335. The number of hydrogen-bond donors (Lipinski definition) is 0. The van der Waals surface area contributed by atoms with E-state index in [0.717, 1.165) is 38.5 Å². The van der Waals surface area contributed by atoms with E-state index < -0.39 is 5.41 Å². The Bertz CT molecular complexity index is 515. The van der Waals surface area contributed by atoms with Crippen LogP contribution >= 0.6 is 0 Å². The Morgan fingerprint density at radius 1 is 1.22 bits per heavy atom. The summed E-state index contributed by atoms with van der Waals surface area (Å²) in [5, 5.41) is 0. The van der Waals surface area contributed by atoms with Gasteiger partial charge in [-0.1, -0.05) is 26.0 Å². The van der Waals surface area contributed by atoms with Crippen LogP contribution in [-0.2, 0) is 19.1 Å². The number of rotatable bonds is 5. The molecule has 0 aromatic rings. The van der Waals surface area contributed by atoms with E-state index in [4.69, 9.17) is 9.47 Å². The Morgan fingerprint density at radius 3 is 2.39 bits per heavy atom. The van der Waals surface area contributed by atoms with Gasteiger partial charge in [0, 0.05) is 0 Å². The van der Waals surface area contributed by atoms with Crippen LogP contribution < -0.4 is 0 Å². The van der Waals surface area contributed by atoms with Gasteiger partial charge in [-0.15, -0.1) is 0 Å². The zero-order chi connectivity index (χ0) is 16.7. The number of hydrogen-bond acceptors (Lipinski definition) is 4. The summed E-state index contributed by atoms with van der Waals surface area (Å²) >= 11 is 0. The molecule has 0 radical (unpaired) electrons. The Balaban J connectivity index is 1.84. The summed E-state index contributed by atoms with van der Waals surface area (Å²) in [5.41, 5.74) is -1.05. The fourth-order valence-corrected chi connectivity index (χ4v) is 4.85. The molecule has 2 bridgehead atoms. The number of ether oxygens (including phenoxy) is 2. The second-order valence-electron chi connectivity index (χ2n) is 7.92. The summed E-state index contributed by atoms with van der Waals surface area (Å²) in [4.78, 5) is 25.2. The lowest BCUT2D eigenvalue weighted by atomic mass is 9.72. The molecule has 3 unspecified atom stereocenters. The summed E-state index contributed by atoms with van der Waals surface area (Å²) in [6, 6.07) is 0. The van der Waals surface area contributed by atoms with Crippen LogP contribution in [0.1, 0.15) is 58.8 Å². The predicted molar refractivity (Wildman–Crippen MR) is 86.5 cm³/mol. The largest absolute Gasteiger partial charge is 0.469 e. The highest BCUT2D eigenvalue weighted by Crippen LogP contribution is 2.56. The van der Waals surface area contributed by atoms with Crippen molar-refractivity contribution in [2.24, 2.45) is 23.2 Å². The zero-order valence-electron chi connectivity index (χ0n) is 14.5. The van der Waals surface area contributed by atoms with Crippen LogP contribution in [0, 0.1) is 23.2 Å². The molecular weight excluding hydrogens is 292 g/mol. The van der Waals surface area contributed by atoms with Gasteiger partial charge in [0.25, 0.3) is 0 Å². The fourth-order valence-electron chi connectivity index (χ4n) is 4.85. The molecule has 0 saturated heterocycles. The monoisotopic (exact) mass is 320 g/mol. The van der Waals surface area contributed by atoms with Gasteiger partial charge in [-0.25, -0.2) is 0 Å². The zero-order valence-corrected chi connectivity index (χ0v) is 14.5. The number of carbonyl (C=O) groups excluding carboxylic acids is 2. The van der Waals surface area contributed by atoms with Crippen molar-refractivity contribution < 1.29 is 19.1 Å². The molecule has 0 heterocycles. The van der Waals surface area contributed by atoms with Gasteiger partial charge in [0.1, 0.15) is 5.60 Å². The van der Waals surface area contributed by atoms with Crippen molar-refractivity contribution in [3.8, 4) is 0 Å². The lowest BCUT2D eigenvalue weighted by Crippen LogP contribution is -2.46. The average Bonchev–Trinajstić information content (AvgIpc) is 3.23. The number of methoxy groups -OCH3 is 1. The van der Waals surface area contributed by atoms with Crippen LogP contribution in [0.25, 0.3) is 0 Å². The van der Waals surface area contributed by atoms with E-state index >= 15 is 0 Å². The molecule has 4 nitrogen and oxygen atoms in total. The first-order valence-electron chi connectivity index (χ1n) is 8.90. The van der Waals surface area contributed by atoms with Gasteiger partial charge in [0.05, 0.1) is 18.9 Å². The first kappa shape index (κ1) is 16.5. The van der Waals surface area contributed by atoms with E-state index in [2.05, 4.69) is 26.0 Å². The van der Waals surface area contributed by atoms with Crippen LogP contribution in [0.3, 0.4) is 0 Å². The van der Waals surface area contributed by atoms with Crippen molar-refractivity contribution in [3.63, 3.8) is 0 Å². The number of esters is 2. The van der Waals surface area contributed by atoms with Crippen LogP contribution in [0.2, 0.25) is 0 Å². The minimum absolute atomic E-state index is 0.115. The SMILES string of the molecule is COC(=O)CC1(C(=O)OC2(C(C)C)CCCC2)CC2C=CC1C2. The van der Waals surface area contributed by atoms with Crippen molar-refractivity contribution in [3.05, 3.63) is 12.2 Å². The summed E-state index contributed by atoms with van der Waals surface area (Å²) < 4.78 is 11.0. The van der Waals surface area contributed by atoms with Crippen molar-refractivity contribution in [1.82, 2.24) is 0 Å². The van der Waals surface area contributed by atoms with E-state index in [-0.39, 0.29) is 29.9 Å². The molecule has 3 aliphatic carbocycles. The molecular formula is C19H28O4. The van der Waals surface area contributed by atoms with Gasteiger partial charge in [0.2, 0.25) is 0 Å². The third kappa shape index (κ3) is 2.70. The number of carbonyl (C=O) groups is 2. The van der Waals surface area contributed by atoms with E-state index in [1.807, 2.05) is 0 Å². The molecule has 128 valence electrons. The van der Waals surface area contributed by atoms with Crippen LogP contribution in [-0.4, -0.2) is 24.6 Å². The molecule has 0 aromatic carbocycles. The normalized spacial score (nSPS) is 34.1. The minimum Gasteiger partial charge on any atom is -0.469 e. The molecule has 0 spiro atoms. The highest BCUT2D eigenvalue weighted by atomic mass is 16.6. The Kier molecular flexibility index (Phi) is 4.28. The average molecular weight is 320 g/mol. The smallest absolute Gasteiger partial charge is 0.313 e. The van der Waals surface area contributed by atoms with E-state index in [1.54, 1.807) is 0 Å². The molecule has 2 fully saturated rings. The maximum atomic E-state index is 13.2. The van der Waals surface area contributed by atoms with Gasteiger partial charge >= 0.3 is 11.9 Å². The molecule has 3 atom stereocenters. The van der Waals surface area contributed by atoms with Gasteiger partial charge in [0.15, 0.2) is 0 Å². The second-order valence-corrected chi connectivity index (χ2v) is 7.92. The second kappa shape index (κ2) is 5.95. The molecule has 23 heavy (non-hydrogen) atoms. The van der Waals surface area contributed by atoms with Gasteiger partial charge < -0.3 is 9.47 Å². The van der Waals surface area contributed by atoms with Crippen LogP contribution in [0.4, 0.5) is 0 Å². The quantitative estimate of drug-likeness (QED) is 0.573. The van der Waals surface area contributed by atoms with Crippen molar-refractivity contribution in [1.29, 1.82) is 0 Å².